The summed E-state index contributed by atoms with van der Waals surface area (Å²) in [6.07, 6.45) is 9.33. The second-order valence-electron chi connectivity index (χ2n) is 6.50. The maximum atomic E-state index is 5.65. The van der Waals surface area contributed by atoms with Crippen molar-refractivity contribution >= 4 is 11.2 Å². The number of nitrogens with one attached hydrogen (secondary N) is 1. The molecule has 0 saturated carbocycles. The highest BCUT2D eigenvalue weighted by atomic mass is 16.5. The third-order valence-corrected chi connectivity index (χ3v) is 4.84. The molecule has 2 atom stereocenters. The predicted octanol–water partition coefficient (Wildman–Crippen LogP) is 2.67. The van der Waals surface area contributed by atoms with E-state index in [-0.39, 0.29) is 0 Å². The molecule has 0 aliphatic carbocycles. The number of ether oxygens (including phenoxy) is 1. The predicted molar refractivity (Wildman–Crippen MR) is 85.7 cm³/mol. The molecule has 2 fully saturated rings. The molecule has 0 radical (unpaired) electrons. The number of hydrogen-bond acceptors (Lipinski definition) is 4. The summed E-state index contributed by atoms with van der Waals surface area (Å²) in [5.74, 6) is 1.76. The van der Waals surface area contributed by atoms with Crippen molar-refractivity contribution in [3.05, 3.63) is 24.2 Å². The molecule has 0 aromatic carbocycles. The van der Waals surface area contributed by atoms with Crippen LogP contribution in [0, 0.1) is 5.92 Å². The summed E-state index contributed by atoms with van der Waals surface area (Å²) in [6.45, 7) is 2.87. The molecule has 0 spiro atoms. The number of aromatic nitrogens is 3. The van der Waals surface area contributed by atoms with E-state index < -0.39 is 0 Å². The Morgan fingerprint density at radius 1 is 1.27 bits per heavy atom. The van der Waals surface area contributed by atoms with E-state index in [4.69, 9.17) is 9.72 Å². The Hall–Kier alpha value is -1.46. The summed E-state index contributed by atoms with van der Waals surface area (Å²) in [7, 11) is 0. The molecular formula is C17H24N4O. The van der Waals surface area contributed by atoms with Crippen molar-refractivity contribution in [2.24, 2.45) is 5.92 Å². The van der Waals surface area contributed by atoms with E-state index in [0.717, 1.165) is 43.8 Å². The second kappa shape index (κ2) is 6.34. The summed E-state index contributed by atoms with van der Waals surface area (Å²) in [5.41, 5.74) is 2.04. The molecule has 2 aliphatic heterocycles. The number of nitrogens with zero attached hydrogens (tertiary/aromatic N) is 3. The highest BCUT2D eigenvalue weighted by molar-refractivity contribution is 5.71. The fraction of sp³-hybridized carbons (Fsp3) is 0.647. The second-order valence-corrected chi connectivity index (χ2v) is 6.50. The van der Waals surface area contributed by atoms with Gasteiger partial charge >= 0.3 is 0 Å². The molecule has 4 rings (SSSR count). The minimum absolute atomic E-state index is 0.341. The average Bonchev–Trinajstić information content (AvgIpc) is 2.94. The fourth-order valence-electron chi connectivity index (χ4n) is 3.73. The van der Waals surface area contributed by atoms with Crippen LogP contribution in [0.25, 0.3) is 11.2 Å². The van der Waals surface area contributed by atoms with Gasteiger partial charge in [0.05, 0.1) is 6.17 Å². The molecule has 2 aromatic rings. The van der Waals surface area contributed by atoms with Gasteiger partial charge in [-0.15, -0.1) is 0 Å². The summed E-state index contributed by atoms with van der Waals surface area (Å²) in [6, 6.07) is 4.05. The highest BCUT2D eigenvalue weighted by Crippen LogP contribution is 2.27. The van der Waals surface area contributed by atoms with Crippen LogP contribution >= 0.6 is 0 Å². The number of rotatable bonds is 3. The lowest BCUT2D eigenvalue weighted by Gasteiger charge is -2.28. The van der Waals surface area contributed by atoms with Crippen LogP contribution in [0.4, 0.5) is 0 Å². The Bertz CT molecular complexity index is 627. The van der Waals surface area contributed by atoms with Crippen LogP contribution in [0.15, 0.2) is 18.3 Å². The topological polar surface area (TPSA) is 52.0 Å². The van der Waals surface area contributed by atoms with Crippen molar-refractivity contribution in [1.82, 2.24) is 19.9 Å². The standard InChI is InChI=1S/C17H24N4O/c1-2-8-18-15(7-1)21-16(11-13-5-4-10-22-12-13)20-14-6-3-9-19-17(14)21/h3,6,9,13,15,18H,1-2,4-5,7-8,10-12H2. The minimum atomic E-state index is 0.341. The Labute approximate surface area is 131 Å². The number of fused-ring (bicyclic) bond motifs is 1. The fourth-order valence-corrected chi connectivity index (χ4v) is 3.73. The van der Waals surface area contributed by atoms with Crippen molar-refractivity contribution in [2.45, 2.75) is 44.7 Å². The summed E-state index contributed by atoms with van der Waals surface area (Å²) in [4.78, 5) is 9.49. The lowest BCUT2D eigenvalue weighted by atomic mass is 9.98. The molecule has 2 aromatic heterocycles. The SMILES string of the molecule is c1cnc2c(c1)nc(CC1CCCOC1)n2C1CCCCN1. The van der Waals surface area contributed by atoms with Crippen LogP contribution in [-0.4, -0.2) is 34.3 Å². The monoisotopic (exact) mass is 300 g/mol. The Morgan fingerprint density at radius 3 is 3.09 bits per heavy atom. The normalized spacial score (nSPS) is 26.4. The zero-order chi connectivity index (χ0) is 14.8. The van der Waals surface area contributed by atoms with Gasteiger partial charge in [0.15, 0.2) is 5.65 Å². The first kappa shape index (κ1) is 14.2. The van der Waals surface area contributed by atoms with Gasteiger partial charge in [-0.05, 0) is 56.7 Å². The van der Waals surface area contributed by atoms with E-state index in [0.29, 0.717) is 12.1 Å². The molecule has 2 unspecified atom stereocenters. The minimum Gasteiger partial charge on any atom is -0.381 e. The van der Waals surface area contributed by atoms with Gasteiger partial charge in [0.2, 0.25) is 0 Å². The van der Waals surface area contributed by atoms with Crippen LogP contribution < -0.4 is 5.32 Å². The van der Waals surface area contributed by atoms with E-state index in [1.807, 2.05) is 12.3 Å². The molecular weight excluding hydrogens is 276 g/mol. The number of piperidine rings is 1. The van der Waals surface area contributed by atoms with Crippen molar-refractivity contribution in [3.63, 3.8) is 0 Å². The smallest absolute Gasteiger partial charge is 0.161 e. The molecule has 22 heavy (non-hydrogen) atoms. The maximum Gasteiger partial charge on any atom is 0.161 e. The lowest BCUT2D eigenvalue weighted by Crippen LogP contribution is -2.33. The summed E-state index contributed by atoms with van der Waals surface area (Å²) < 4.78 is 8.00. The molecule has 2 saturated heterocycles. The zero-order valence-electron chi connectivity index (χ0n) is 13.0. The van der Waals surface area contributed by atoms with Gasteiger partial charge < -0.3 is 4.74 Å². The van der Waals surface area contributed by atoms with Crippen molar-refractivity contribution in [2.75, 3.05) is 19.8 Å². The van der Waals surface area contributed by atoms with Crippen molar-refractivity contribution in [3.8, 4) is 0 Å². The third kappa shape index (κ3) is 2.75. The Kier molecular flexibility index (Phi) is 4.08. The van der Waals surface area contributed by atoms with Crippen LogP contribution in [-0.2, 0) is 11.2 Å². The van der Waals surface area contributed by atoms with E-state index in [2.05, 4.69) is 20.9 Å². The third-order valence-electron chi connectivity index (χ3n) is 4.84. The van der Waals surface area contributed by atoms with E-state index in [1.165, 1.54) is 31.5 Å². The first-order valence-electron chi connectivity index (χ1n) is 8.55. The Balaban J connectivity index is 1.68. The molecule has 1 N–H and O–H groups in total. The quantitative estimate of drug-likeness (QED) is 0.947. The molecule has 0 amide bonds. The van der Waals surface area contributed by atoms with Crippen LogP contribution in [0.2, 0.25) is 0 Å². The molecule has 5 nitrogen and oxygen atoms in total. The van der Waals surface area contributed by atoms with E-state index in [9.17, 15) is 0 Å². The van der Waals surface area contributed by atoms with Gasteiger partial charge in [0.25, 0.3) is 0 Å². The van der Waals surface area contributed by atoms with Crippen LogP contribution in [0.5, 0.6) is 0 Å². The van der Waals surface area contributed by atoms with Crippen LogP contribution in [0.3, 0.4) is 0 Å². The number of hydrogen-bond donors (Lipinski definition) is 1. The summed E-state index contributed by atoms with van der Waals surface area (Å²) >= 11 is 0. The van der Waals surface area contributed by atoms with Gasteiger partial charge in [-0.2, -0.15) is 0 Å². The number of imidazole rings is 1. The zero-order valence-corrected chi connectivity index (χ0v) is 13.0. The van der Waals surface area contributed by atoms with E-state index in [1.54, 1.807) is 0 Å². The molecule has 4 heterocycles. The molecule has 118 valence electrons. The molecule has 2 aliphatic rings. The van der Waals surface area contributed by atoms with Gasteiger partial charge in [-0.25, -0.2) is 9.97 Å². The van der Waals surface area contributed by atoms with Gasteiger partial charge in [-0.3, -0.25) is 9.88 Å². The van der Waals surface area contributed by atoms with Crippen molar-refractivity contribution in [1.29, 1.82) is 0 Å². The number of pyridine rings is 1. The van der Waals surface area contributed by atoms with Gasteiger partial charge in [0, 0.05) is 25.8 Å². The van der Waals surface area contributed by atoms with Crippen LogP contribution in [0.1, 0.15) is 44.1 Å². The van der Waals surface area contributed by atoms with Gasteiger partial charge in [-0.1, -0.05) is 0 Å². The lowest BCUT2D eigenvalue weighted by molar-refractivity contribution is 0.0537. The highest BCUT2D eigenvalue weighted by Gasteiger charge is 2.24. The summed E-state index contributed by atoms with van der Waals surface area (Å²) in [5, 5.41) is 3.64. The van der Waals surface area contributed by atoms with E-state index >= 15 is 0 Å². The van der Waals surface area contributed by atoms with Gasteiger partial charge in [0.1, 0.15) is 11.3 Å². The molecule has 5 heteroatoms. The first-order chi connectivity index (χ1) is 10.9. The first-order valence-corrected chi connectivity index (χ1v) is 8.55. The largest absolute Gasteiger partial charge is 0.381 e. The average molecular weight is 300 g/mol. The molecule has 0 bridgehead atoms. The Morgan fingerprint density at radius 2 is 2.27 bits per heavy atom. The maximum absolute atomic E-state index is 5.65. The van der Waals surface area contributed by atoms with Crippen molar-refractivity contribution < 1.29 is 4.74 Å².